The zero-order valence-corrected chi connectivity index (χ0v) is 6.83. The molecule has 0 unspecified atom stereocenters. The molecule has 0 spiro atoms. The fourth-order valence-electron chi connectivity index (χ4n) is 0.344. The van der Waals surface area contributed by atoms with Crippen molar-refractivity contribution < 1.29 is 9.59 Å². The van der Waals surface area contributed by atoms with E-state index >= 15 is 0 Å². The fourth-order valence-corrected chi connectivity index (χ4v) is 0.746. The minimum atomic E-state index is -0.107. The van der Waals surface area contributed by atoms with Gasteiger partial charge in [-0.1, -0.05) is 11.8 Å². The highest BCUT2D eigenvalue weighted by atomic mass is 32.2. The summed E-state index contributed by atoms with van der Waals surface area (Å²) in [5.74, 6) is 0.429. The lowest BCUT2D eigenvalue weighted by Gasteiger charge is -1.96. The molecule has 0 aliphatic carbocycles. The smallest absolute Gasteiger partial charge is 0.217 e. The van der Waals surface area contributed by atoms with E-state index in [1.54, 1.807) is 6.54 Å². The minimum Gasteiger partial charge on any atom is -0.351 e. The molecule has 0 fully saturated rings. The van der Waals surface area contributed by atoms with Crippen LogP contribution < -0.4 is 5.32 Å². The van der Waals surface area contributed by atoms with Gasteiger partial charge in [-0.15, -0.1) is 0 Å². The lowest BCUT2D eigenvalue weighted by molar-refractivity contribution is -0.118. The summed E-state index contributed by atoms with van der Waals surface area (Å²) >= 11 is 1.16. The highest BCUT2D eigenvalue weighted by Gasteiger charge is 1.94. The Morgan fingerprint density at radius 3 is 2.50 bits per heavy atom. The maximum absolute atomic E-state index is 10.3. The molecule has 0 aromatic heterocycles. The molecule has 3 nitrogen and oxygen atoms in total. The van der Waals surface area contributed by atoms with Crippen molar-refractivity contribution in [2.75, 3.05) is 5.75 Å². The van der Waals surface area contributed by atoms with Crippen molar-refractivity contribution in [1.82, 2.24) is 5.32 Å². The van der Waals surface area contributed by atoms with Gasteiger partial charge in [-0.3, -0.25) is 9.59 Å². The van der Waals surface area contributed by atoms with Gasteiger partial charge in [-0.2, -0.15) is 0 Å². The third-order valence-electron chi connectivity index (χ3n) is 0.675. The Balaban J connectivity index is 3.06. The molecule has 57 valence electrons. The Morgan fingerprint density at radius 1 is 1.50 bits per heavy atom. The van der Waals surface area contributed by atoms with Crippen molar-refractivity contribution in [3.05, 3.63) is 6.54 Å². The summed E-state index contributed by atoms with van der Waals surface area (Å²) in [5, 5.41) is 2.52. The van der Waals surface area contributed by atoms with Crippen LogP contribution in [0.3, 0.4) is 0 Å². The Bertz CT molecular complexity index is 120. The maximum atomic E-state index is 10.3. The summed E-state index contributed by atoms with van der Waals surface area (Å²) in [4.78, 5) is 20.6. The molecule has 1 amide bonds. The summed E-state index contributed by atoms with van der Waals surface area (Å²) in [6.07, 6.45) is 0. The topological polar surface area (TPSA) is 46.2 Å². The molecule has 1 radical (unpaired) electrons. The fraction of sp³-hybridized carbons (Fsp3) is 0.500. The molecule has 4 heteroatoms. The first-order valence-electron chi connectivity index (χ1n) is 2.85. The largest absolute Gasteiger partial charge is 0.351 e. The Labute approximate surface area is 64.6 Å². The van der Waals surface area contributed by atoms with Gasteiger partial charge in [0.15, 0.2) is 5.12 Å². The average Bonchev–Trinajstić information content (AvgIpc) is 1.79. The first-order chi connectivity index (χ1) is 4.63. The number of thioether (sulfide) groups is 1. The van der Waals surface area contributed by atoms with Crippen molar-refractivity contribution in [3.8, 4) is 0 Å². The number of hydrogen-bond acceptors (Lipinski definition) is 3. The van der Waals surface area contributed by atoms with Crippen LogP contribution in [0.2, 0.25) is 0 Å². The van der Waals surface area contributed by atoms with E-state index in [0.29, 0.717) is 5.75 Å². The molecule has 0 rings (SSSR count). The Hall–Kier alpha value is -0.510. The Kier molecular flexibility index (Phi) is 5.02. The molecule has 0 aliphatic rings. The van der Waals surface area contributed by atoms with Gasteiger partial charge in [0.1, 0.15) is 0 Å². The van der Waals surface area contributed by atoms with Crippen molar-refractivity contribution in [1.29, 1.82) is 0 Å². The van der Waals surface area contributed by atoms with Crippen LogP contribution in [0.4, 0.5) is 0 Å². The predicted molar refractivity (Wildman–Crippen MR) is 41.3 cm³/mol. The van der Waals surface area contributed by atoms with E-state index in [1.807, 2.05) is 0 Å². The van der Waals surface area contributed by atoms with Gasteiger partial charge in [0.05, 0.1) is 6.54 Å². The average molecular weight is 160 g/mol. The summed E-state index contributed by atoms with van der Waals surface area (Å²) in [6.45, 7) is 4.48. The van der Waals surface area contributed by atoms with E-state index in [0.717, 1.165) is 11.8 Å². The molecular weight excluding hydrogens is 150 g/mol. The van der Waals surface area contributed by atoms with E-state index in [-0.39, 0.29) is 11.0 Å². The second-order valence-electron chi connectivity index (χ2n) is 1.71. The monoisotopic (exact) mass is 160 g/mol. The lowest BCUT2D eigenvalue weighted by atomic mass is 10.6. The molecule has 0 saturated heterocycles. The molecule has 0 atom stereocenters. The first kappa shape index (κ1) is 9.49. The molecule has 0 aromatic rings. The third kappa shape index (κ3) is 7.49. The van der Waals surface area contributed by atoms with Gasteiger partial charge in [0.25, 0.3) is 0 Å². The van der Waals surface area contributed by atoms with E-state index in [4.69, 9.17) is 0 Å². The normalized spacial score (nSPS) is 9.00. The number of amides is 1. The molecular formula is C6H10NO2S. The highest BCUT2D eigenvalue weighted by Crippen LogP contribution is 1.99. The summed E-state index contributed by atoms with van der Waals surface area (Å²) in [6, 6.07) is 0. The second-order valence-corrected chi connectivity index (χ2v) is 2.90. The van der Waals surface area contributed by atoms with E-state index in [9.17, 15) is 9.59 Å². The van der Waals surface area contributed by atoms with Crippen molar-refractivity contribution in [2.24, 2.45) is 0 Å². The molecule has 0 bridgehead atoms. The maximum Gasteiger partial charge on any atom is 0.217 e. The quantitative estimate of drug-likeness (QED) is 0.614. The molecule has 10 heavy (non-hydrogen) atoms. The summed E-state index contributed by atoms with van der Waals surface area (Å²) in [5.41, 5.74) is 0. The van der Waals surface area contributed by atoms with Gasteiger partial charge >= 0.3 is 0 Å². The van der Waals surface area contributed by atoms with Crippen LogP contribution in [0.25, 0.3) is 0 Å². The standard InChI is InChI=1S/C6H10NO2S/c1-5(8)7-3-4-10-6(2)9/h3H,4H2,1-2H3,(H,7,8). The minimum absolute atomic E-state index is 0.0570. The second kappa shape index (κ2) is 5.29. The highest BCUT2D eigenvalue weighted by molar-refractivity contribution is 8.13. The first-order valence-corrected chi connectivity index (χ1v) is 3.83. The zero-order valence-electron chi connectivity index (χ0n) is 6.01. The molecule has 0 saturated carbocycles. The molecule has 0 heterocycles. The molecule has 0 aliphatic heterocycles. The van der Waals surface area contributed by atoms with Crippen LogP contribution in [0.15, 0.2) is 0 Å². The van der Waals surface area contributed by atoms with Gasteiger partial charge in [0.2, 0.25) is 5.91 Å². The van der Waals surface area contributed by atoms with Crippen LogP contribution in [-0.4, -0.2) is 16.8 Å². The number of hydrogen-bond donors (Lipinski definition) is 1. The van der Waals surface area contributed by atoms with Crippen LogP contribution in [0.5, 0.6) is 0 Å². The van der Waals surface area contributed by atoms with Crippen molar-refractivity contribution in [3.63, 3.8) is 0 Å². The number of carbonyl (C=O) groups excluding carboxylic acids is 2. The van der Waals surface area contributed by atoms with Gasteiger partial charge in [0, 0.05) is 19.6 Å². The molecule has 0 aromatic carbocycles. The summed E-state index contributed by atoms with van der Waals surface area (Å²) < 4.78 is 0. The van der Waals surface area contributed by atoms with Gasteiger partial charge in [-0.05, 0) is 0 Å². The van der Waals surface area contributed by atoms with Gasteiger partial charge in [-0.25, -0.2) is 0 Å². The van der Waals surface area contributed by atoms with Crippen molar-refractivity contribution in [2.45, 2.75) is 13.8 Å². The lowest BCUT2D eigenvalue weighted by Crippen LogP contribution is -2.17. The number of nitrogens with one attached hydrogen (secondary N) is 1. The number of rotatable bonds is 3. The van der Waals surface area contributed by atoms with Crippen LogP contribution in [-0.2, 0) is 9.59 Å². The van der Waals surface area contributed by atoms with Crippen LogP contribution in [0, 0.1) is 6.54 Å². The van der Waals surface area contributed by atoms with Crippen LogP contribution in [0.1, 0.15) is 13.8 Å². The predicted octanol–water partition coefficient (Wildman–Crippen LogP) is 0.564. The van der Waals surface area contributed by atoms with E-state index < -0.39 is 0 Å². The van der Waals surface area contributed by atoms with Gasteiger partial charge < -0.3 is 5.32 Å². The molecule has 1 N–H and O–H groups in total. The van der Waals surface area contributed by atoms with E-state index in [2.05, 4.69) is 5.32 Å². The van der Waals surface area contributed by atoms with Crippen molar-refractivity contribution >= 4 is 22.8 Å². The third-order valence-corrected chi connectivity index (χ3v) is 1.42. The zero-order chi connectivity index (χ0) is 7.98. The van der Waals surface area contributed by atoms with E-state index in [1.165, 1.54) is 13.8 Å². The Morgan fingerprint density at radius 2 is 2.10 bits per heavy atom. The number of carbonyl (C=O) groups is 2. The SMILES string of the molecule is CC(=O)N[CH]CSC(C)=O. The van der Waals surface area contributed by atoms with Crippen LogP contribution >= 0.6 is 11.8 Å². The summed E-state index contributed by atoms with van der Waals surface area (Å²) in [7, 11) is 0.